The van der Waals surface area contributed by atoms with Crippen molar-refractivity contribution >= 4 is 5.96 Å². The van der Waals surface area contributed by atoms with E-state index in [1.165, 1.54) is 12.1 Å². The van der Waals surface area contributed by atoms with Crippen molar-refractivity contribution in [2.24, 2.45) is 4.99 Å². The first-order valence-electron chi connectivity index (χ1n) is 8.84. The molecule has 0 saturated carbocycles. The second-order valence-corrected chi connectivity index (χ2v) is 6.04. The summed E-state index contributed by atoms with van der Waals surface area (Å²) in [5.74, 6) is 0.590. The Morgan fingerprint density at radius 1 is 1.11 bits per heavy atom. The fraction of sp³-hybridized carbons (Fsp3) is 0.350. The zero-order valence-corrected chi connectivity index (χ0v) is 15.5. The molecule has 0 aliphatic carbocycles. The summed E-state index contributed by atoms with van der Waals surface area (Å²) >= 11 is 0. The van der Waals surface area contributed by atoms with Crippen LogP contribution in [0, 0.1) is 0 Å². The van der Waals surface area contributed by atoms with E-state index in [0.29, 0.717) is 19.0 Å². The van der Waals surface area contributed by atoms with Crippen molar-refractivity contribution in [1.82, 2.24) is 10.6 Å². The molecule has 0 saturated heterocycles. The van der Waals surface area contributed by atoms with Crippen LogP contribution >= 0.6 is 0 Å². The fourth-order valence-corrected chi connectivity index (χ4v) is 2.55. The van der Waals surface area contributed by atoms with Gasteiger partial charge in [0.25, 0.3) is 0 Å². The summed E-state index contributed by atoms with van der Waals surface area (Å²) < 4.78 is 43.5. The van der Waals surface area contributed by atoms with Crippen LogP contribution in [0.1, 0.15) is 17.0 Å². The second-order valence-electron chi connectivity index (χ2n) is 6.04. The lowest BCUT2D eigenvalue weighted by Crippen LogP contribution is -2.41. The number of hydrogen-bond acceptors (Lipinski definition) is 3. The van der Waals surface area contributed by atoms with Crippen molar-refractivity contribution < 1.29 is 23.0 Å². The predicted molar refractivity (Wildman–Crippen MR) is 103 cm³/mol. The summed E-state index contributed by atoms with van der Waals surface area (Å²) in [6.07, 6.45) is -4.40. The van der Waals surface area contributed by atoms with E-state index in [-0.39, 0.29) is 24.9 Å². The number of ether oxygens (including phenoxy) is 1. The molecule has 3 N–H and O–H groups in total. The molecule has 0 aliphatic heterocycles. The van der Waals surface area contributed by atoms with Crippen LogP contribution < -0.4 is 15.4 Å². The van der Waals surface area contributed by atoms with E-state index >= 15 is 0 Å². The van der Waals surface area contributed by atoms with Crippen molar-refractivity contribution in [3.05, 3.63) is 65.7 Å². The van der Waals surface area contributed by atoms with Gasteiger partial charge in [0.15, 0.2) is 5.96 Å². The summed E-state index contributed by atoms with van der Waals surface area (Å²) in [5.41, 5.74) is 0.271. The molecule has 0 aromatic heterocycles. The zero-order chi connectivity index (χ0) is 20.4. The molecule has 8 heteroatoms. The van der Waals surface area contributed by atoms with Gasteiger partial charge >= 0.3 is 6.18 Å². The van der Waals surface area contributed by atoms with Gasteiger partial charge in [-0.2, -0.15) is 13.2 Å². The average Bonchev–Trinajstić information content (AvgIpc) is 2.70. The third kappa shape index (κ3) is 6.77. The SMILES string of the molecule is CN=C(NCCOc1cccc(C(F)(F)F)c1)NCC(CO)c1ccccc1. The number of alkyl halides is 3. The number of aliphatic imine (C=N–C) groups is 1. The predicted octanol–water partition coefficient (Wildman–Crippen LogP) is 3.03. The van der Waals surface area contributed by atoms with Crippen molar-refractivity contribution in [3.8, 4) is 5.75 Å². The van der Waals surface area contributed by atoms with Crippen molar-refractivity contribution in [2.45, 2.75) is 12.1 Å². The minimum absolute atomic E-state index is 0.00728. The topological polar surface area (TPSA) is 65.9 Å². The van der Waals surface area contributed by atoms with Gasteiger partial charge in [0, 0.05) is 19.5 Å². The van der Waals surface area contributed by atoms with Gasteiger partial charge < -0.3 is 20.5 Å². The number of aliphatic hydroxyl groups excluding tert-OH is 1. The highest BCUT2D eigenvalue weighted by Crippen LogP contribution is 2.31. The van der Waals surface area contributed by atoms with E-state index in [0.717, 1.165) is 17.7 Å². The van der Waals surface area contributed by atoms with E-state index in [9.17, 15) is 18.3 Å². The van der Waals surface area contributed by atoms with Crippen molar-refractivity contribution in [1.29, 1.82) is 0 Å². The van der Waals surface area contributed by atoms with E-state index in [4.69, 9.17) is 4.74 Å². The first-order valence-corrected chi connectivity index (χ1v) is 8.84. The van der Waals surface area contributed by atoms with Gasteiger partial charge in [0.2, 0.25) is 0 Å². The number of guanidine groups is 1. The molecule has 1 atom stereocenters. The normalized spacial score (nSPS) is 13.1. The molecule has 0 radical (unpaired) electrons. The molecule has 2 aromatic rings. The monoisotopic (exact) mass is 395 g/mol. The highest BCUT2D eigenvalue weighted by Gasteiger charge is 2.30. The van der Waals surface area contributed by atoms with E-state index in [1.54, 1.807) is 7.05 Å². The molecule has 2 rings (SSSR count). The first-order chi connectivity index (χ1) is 13.4. The van der Waals surface area contributed by atoms with Crippen LogP contribution in [-0.2, 0) is 6.18 Å². The van der Waals surface area contributed by atoms with Crippen LogP contribution in [0.2, 0.25) is 0 Å². The van der Waals surface area contributed by atoms with Gasteiger partial charge in [-0.15, -0.1) is 0 Å². The Balaban J connectivity index is 1.77. The summed E-state index contributed by atoms with van der Waals surface area (Å²) in [4.78, 5) is 4.09. The molecule has 0 aliphatic rings. The Morgan fingerprint density at radius 3 is 2.50 bits per heavy atom. The second kappa shape index (κ2) is 10.6. The first kappa shape index (κ1) is 21.6. The lowest BCUT2D eigenvalue weighted by atomic mass is 10.0. The molecular weight excluding hydrogens is 371 g/mol. The van der Waals surface area contributed by atoms with Crippen molar-refractivity contribution in [2.75, 3.05) is 33.4 Å². The fourth-order valence-electron chi connectivity index (χ4n) is 2.55. The molecule has 152 valence electrons. The Labute approximate surface area is 162 Å². The molecule has 0 spiro atoms. The van der Waals surface area contributed by atoms with E-state index in [2.05, 4.69) is 15.6 Å². The summed E-state index contributed by atoms with van der Waals surface area (Å²) in [6.45, 7) is 0.997. The number of benzene rings is 2. The highest BCUT2D eigenvalue weighted by atomic mass is 19.4. The lowest BCUT2D eigenvalue weighted by Gasteiger charge is -2.18. The maximum atomic E-state index is 12.7. The van der Waals surface area contributed by atoms with Crippen LogP contribution in [0.15, 0.2) is 59.6 Å². The summed E-state index contributed by atoms with van der Waals surface area (Å²) in [7, 11) is 1.61. The van der Waals surface area contributed by atoms with Gasteiger partial charge in [-0.3, -0.25) is 4.99 Å². The van der Waals surface area contributed by atoms with Gasteiger partial charge in [-0.1, -0.05) is 36.4 Å². The highest BCUT2D eigenvalue weighted by molar-refractivity contribution is 5.79. The van der Waals surface area contributed by atoms with Gasteiger partial charge in [-0.05, 0) is 23.8 Å². The number of halogens is 3. The van der Waals surface area contributed by atoms with E-state index in [1.807, 2.05) is 30.3 Å². The summed E-state index contributed by atoms with van der Waals surface area (Å²) in [5, 5.41) is 15.7. The van der Waals surface area contributed by atoms with E-state index < -0.39 is 11.7 Å². The third-order valence-electron chi connectivity index (χ3n) is 4.06. The number of aliphatic hydroxyl groups is 1. The zero-order valence-electron chi connectivity index (χ0n) is 15.5. The molecule has 2 aromatic carbocycles. The van der Waals surface area contributed by atoms with Gasteiger partial charge in [0.05, 0.1) is 18.7 Å². The number of nitrogens with zero attached hydrogens (tertiary/aromatic N) is 1. The number of nitrogens with one attached hydrogen (secondary N) is 2. The van der Waals surface area contributed by atoms with Crippen LogP contribution in [0.4, 0.5) is 13.2 Å². The van der Waals surface area contributed by atoms with Crippen LogP contribution in [0.5, 0.6) is 5.75 Å². The molecule has 0 fully saturated rings. The smallest absolute Gasteiger partial charge is 0.416 e. The Bertz CT molecular complexity index is 752. The maximum absolute atomic E-state index is 12.7. The van der Waals surface area contributed by atoms with Crippen LogP contribution in [0.3, 0.4) is 0 Å². The quantitative estimate of drug-likeness (QED) is 0.365. The molecule has 28 heavy (non-hydrogen) atoms. The molecule has 0 heterocycles. The Morgan fingerprint density at radius 2 is 1.86 bits per heavy atom. The maximum Gasteiger partial charge on any atom is 0.416 e. The number of hydrogen-bond donors (Lipinski definition) is 3. The third-order valence-corrected chi connectivity index (χ3v) is 4.06. The minimum atomic E-state index is -4.40. The molecule has 0 amide bonds. The molecular formula is C20H24F3N3O2. The van der Waals surface area contributed by atoms with Crippen LogP contribution in [0.25, 0.3) is 0 Å². The number of rotatable bonds is 8. The Hall–Kier alpha value is -2.74. The molecule has 0 bridgehead atoms. The molecule has 1 unspecified atom stereocenters. The average molecular weight is 395 g/mol. The minimum Gasteiger partial charge on any atom is -0.492 e. The van der Waals surface area contributed by atoms with Gasteiger partial charge in [-0.25, -0.2) is 0 Å². The lowest BCUT2D eigenvalue weighted by molar-refractivity contribution is -0.137. The van der Waals surface area contributed by atoms with Gasteiger partial charge in [0.1, 0.15) is 12.4 Å². The largest absolute Gasteiger partial charge is 0.492 e. The summed E-state index contributed by atoms with van der Waals surface area (Å²) in [6, 6.07) is 14.4. The standard InChI is InChI=1S/C20H24F3N3O2/c1-24-19(26-13-16(14-27)15-6-3-2-4-7-15)25-10-11-28-18-9-5-8-17(12-18)20(21,22)23/h2-9,12,16,27H,10-11,13-14H2,1H3,(H2,24,25,26). The molecule has 5 nitrogen and oxygen atoms in total. The van der Waals surface area contributed by atoms with Crippen molar-refractivity contribution in [3.63, 3.8) is 0 Å². The van der Waals surface area contributed by atoms with Crippen LogP contribution in [-0.4, -0.2) is 44.4 Å². The Kier molecular flexibility index (Phi) is 8.13.